The Morgan fingerprint density at radius 2 is 2.09 bits per heavy atom. The van der Waals surface area contributed by atoms with E-state index in [9.17, 15) is 9.18 Å². The molecule has 6 nitrogen and oxygen atoms in total. The van der Waals surface area contributed by atoms with E-state index < -0.39 is 11.7 Å². The molecule has 0 fully saturated rings. The topological polar surface area (TPSA) is 69.2 Å². The maximum absolute atomic E-state index is 13.1. The molecule has 0 spiro atoms. The summed E-state index contributed by atoms with van der Waals surface area (Å²) in [5.74, 6) is 0.684. The highest BCUT2D eigenvalue weighted by atomic mass is 19.1. The van der Waals surface area contributed by atoms with Gasteiger partial charge in [-0.25, -0.2) is 9.82 Å². The summed E-state index contributed by atoms with van der Waals surface area (Å²) < 4.78 is 28.9. The number of carbonyl (C=O) groups is 1. The molecular weight excluding hydrogens is 303 g/mol. The first-order valence-corrected chi connectivity index (χ1v) is 6.74. The van der Waals surface area contributed by atoms with Gasteiger partial charge in [0.05, 0.1) is 13.3 Å². The summed E-state index contributed by atoms with van der Waals surface area (Å²) in [6, 6.07) is 8.71. The summed E-state index contributed by atoms with van der Waals surface area (Å²) in [6.07, 6.45) is 1.41. The monoisotopic (exact) mass is 316 g/mol. The van der Waals surface area contributed by atoms with Gasteiger partial charge in [-0.1, -0.05) is 6.07 Å². The minimum atomic E-state index is -0.513. The standard InChI is InChI=1S/C16H13FN2O4/c1-21-13-7-15-14(22-9-23-15)6-11(13)8-18-19-16(20)10-3-2-4-12(17)5-10/h2-8H,9H2,1H3,(H,19,20)/b18-8+. The van der Waals surface area contributed by atoms with Crippen molar-refractivity contribution < 1.29 is 23.4 Å². The molecule has 1 aliphatic rings. The maximum atomic E-state index is 13.1. The van der Waals surface area contributed by atoms with Crippen LogP contribution in [-0.2, 0) is 0 Å². The lowest BCUT2D eigenvalue weighted by molar-refractivity contribution is 0.0954. The Balaban J connectivity index is 1.74. The molecule has 1 heterocycles. The van der Waals surface area contributed by atoms with Crippen molar-refractivity contribution in [3.63, 3.8) is 0 Å². The second-order valence-electron chi connectivity index (χ2n) is 4.66. The largest absolute Gasteiger partial charge is 0.496 e. The number of methoxy groups -OCH3 is 1. The number of halogens is 1. The molecule has 1 aliphatic heterocycles. The molecule has 1 amide bonds. The minimum absolute atomic E-state index is 0.148. The number of hydrogen-bond donors (Lipinski definition) is 1. The Labute approximate surface area is 131 Å². The van der Waals surface area contributed by atoms with Gasteiger partial charge in [-0.05, 0) is 24.3 Å². The molecule has 1 N–H and O–H groups in total. The van der Waals surface area contributed by atoms with Crippen molar-refractivity contribution in [2.45, 2.75) is 0 Å². The molecule has 0 atom stereocenters. The smallest absolute Gasteiger partial charge is 0.271 e. The lowest BCUT2D eigenvalue weighted by atomic mass is 10.2. The van der Waals surface area contributed by atoms with Gasteiger partial charge in [0.1, 0.15) is 11.6 Å². The third-order valence-corrected chi connectivity index (χ3v) is 3.18. The summed E-state index contributed by atoms with van der Waals surface area (Å²) in [5.41, 5.74) is 3.12. The highest BCUT2D eigenvalue weighted by Gasteiger charge is 2.17. The molecule has 0 bridgehead atoms. The number of amides is 1. The van der Waals surface area contributed by atoms with Crippen LogP contribution in [0.25, 0.3) is 0 Å². The average molecular weight is 316 g/mol. The van der Waals surface area contributed by atoms with Crippen molar-refractivity contribution >= 4 is 12.1 Å². The summed E-state index contributed by atoms with van der Waals surface area (Å²) in [7, 11) is 1.51. The normalized spacial score (nSPS) is 12.4. The summed E-state index contributed by atoms with van der Waals surface area (Å²) >= 11 is 0. The Kier molecular flexibility index (Phi) is 4.09. The molecule has 0 saturated carbocycles. The highest BCUT2D eigenvalue weighted by Crippen LogP contribution is 2.37. The predicted octanol–water partition coefficient (Wildman–Crippen LogP) is 2.33. The van der Waals surface area contributed by atoms with E-state index in [1.165, 1.54) is 31.5 Å². The molecule has 3 rings (SSSR count). The molecule has 0 aliphatic carbocycles. The van der Waals surface area contributed by atoms with Gasteiger partial charge in [0.2, 0.25) is 6.79 Å². The van der Waals surface area contributed by atoms with Crippen LogP contribution in [0, 0.1) is 5.82 Å². The van der Waals surface area contributed by atoms with Crippen LogP contribution < -0.4 is 19.6 Å². The maximum Gasteiger partial charge on any atom is 0.271 e. The molecule has 2 aromatic carbocycles. The second kappa shape index (κ2) is 6.35. The molecule has 0 unspecified atom stereocenters. The van der Waals surface area contributed by atoms with Gasteiger partial charge in [0, 0.05) is 17.2 Å². The summed E-state index contributed by atoms with van der Waals surface area (Å²) in [5, 5.41) is 3.86. The van der Waals surface area contributed by atoms with Crippen LogP contribution in [0.15, 0.2) is 41.5 Å². The fraction of sp³-hybridized carbons (Fsp3) is 0.125. The molecule has 0 aromatic heterocycles. The molecular formula is C16H13FN2O4. The fourth-order valence-corrected chi connectivity index (χ4v) is 2.07. The van der Waals surface area contributed by atoms with Gasteiger partial charge < -0.3 is 14.2 Å². The molecule has 118 valence electrons. The Morgan fingerprint density at radius 3 is 2.83 bits per heavy atom. The van der Waals surface area contributed by atoms with Crippen LogP contribution in [0.4, 0.5) is 4.39 Å². The molecule has 0 saturated heterocycles. The highest BCUT2D eigenvalue weighted by molar-refractivity contribution is 5.95. The van der Waals surface area contributed by atoms with E-state index in [4.69, 9.17) is 14.2 Å². The van der Waals surface area contributed by atoms with Crippen LogP contribution in [-0.4, -0.2) is 26.0 Å². The quantitative estimate of drug-likeness (QED) is 0.694. The van der Waals surface area contributed by atoms with Crippen molar-refractivity contribution in [3.8, 4) is 17.2 Å². The van der Waals surface area contributed by atoms with E-state index in [1.54, 1.807) is 12.1 Å². The number of ether oxygens (including phenoxy) is 3. The van der Waals surface area contributed by atoms with E-state index in [0.29, 0.717) is 22.8 Å². The van der Waals surface area contributed by atoms with E-state index >= 15 is 0 Å². The van der Waals surface area contributed by atoms with Gasteiger partial charge in [0.15, 0.2) is 11.5 Å². The van der Waals surface area contributed by atoms with E-state index in [-0.39, 0.29) is 12.4 Å². The number of nitrogens with one attached hydrogen (secondary N) is 1. The van der Waals surface area contributed by atoms with E-state index in [1.807, 2.05) is 0 Å². The van der Waals surface area contributed by atoms with Crippen LogP contribution >= 0.6 is 0 Å². The van der Waals surface area contributed by atoms with Crippen LogP contribution in [0.1, 0.15) is 15.9 Å². The second-order valence-corrected chi connectivity index (χ2v) is 4.66. The van der Waals surface area contributed by atoms with Gasteiger partial charge >= 0.3 is 0 Å². The van der Waals surface area contributed by atoms with Gasteiger partial charge in [-0.2, -0.15) is 5.10 Å². The SMILES string of the molecule is COc1cc2c(cc1/C=N/NC(=O)c1cccc(F)c1)OCO2. The Bertz CT molecular complexity index is 777. The fourth-order valence-electron chi connectivity index (χ4n) is 2.07. The number of nitrogens with zero attached hydrogens (tertiary/aromatic N) is 1. The number of benzene rings is 2. The zero-order valence-corrected chi connectivity index (χ0v) is 12.2. The summed E-state index contributed by atoms with van der Waals surface area (Å²) in [4.78, 5) is 11.9. The van der Waals surface area contributed by atoms with Gasteiger partial charge in [-0.3, -0.25) is 4.79 Å². The zero-order valence-electron chi connectivity index (χ0n) is 12.2. The number of rotatable bonds is 4. The summed E-state index contributed by atoms with van der Waals surface area (Å²) in [6.45, 7) is 0.148. The van der Waals surface area contributed by atoms with Crippen molar-refractivity contribution in [1.82, 2.24) is 5.43 Å². The van der Waals surface area contributed by atoms with Crippen molar-refractivity contribution in [2.24, 2.45) is 5.10 Å². The van der Waals surface area contributed by atoms with Crippen molar-refractivity contribution in [3.05, 3.63) is 53.3 Å². The van der Waals surface area contributed by atoms with Crippen molar-refractivity contribution in [1.29, 1.82) is 0 Å². The average Bonchev–Trinajstić information content (AvgIpc) is 3.01. The van der Waals surface area contributed by atoms with E-state index in [0.717, 1.165) is 6.07 Å². The first kappa shape index (κ1) is 14.8. The van der Waals surface area contributed by atoms with Crippen LogP contribution in [0.2, 0.25) is 0 Å². The Morgan fingerprint density at radius 1 is 1.30 bits per heavy atom. The number of hydrogen-bond acceptors (Lipinski definition) is 5. The minimum Gasteiger partial charge on any atom is -0.496 e. The molecule has 2 aromatic rings. The zero-order chi connectivity index (χ0) is 16.2. The lowest BCUT2D eigenvalue weighted by Crippen LogP contribution is -2.17. The number of fused-ring (bicyclic) bond motifs is 1. The van der Waals surface area contributed by atoms with Gasteiger partial charge in [0.25, 0.3) is 5.91 Å². The van der Waals surface area contributed by atoms with Crippen LogP contribution in [0.3, 0.4) is 0 Å². The lowest BCUT2D eigenvalue weighted by Gasteiger charge is -2.06. The number of hydrazone groups is 1. The first-order chi connectivity index (χ1) is 11.2. The first-order valence-electron chi connectivity index (χ1n) is 6.74. The van der Waals surface area contributed by atoms with Crippen molar-refractivity contribution in [2.75, 3.05) is 13.9 Å². The number of carbonyl (C=O) groups excluding carboxylic acids is 1. The van der Waals surface area contributed by atoms with Gasteiger partial charge in [-0.15, -0.1) is 0 Å². The third kappa shape index (κ3) is 3.23. The van der Waals surface area contributed by atoms with E-state index in [2.05, 4.69) is 10.5 Å². The molecule has 23 heavy (non-hydrogen) atoms. The van der Waals surface area contributed by atoms with Crippen LogP contribution in [0.5, 0.6) is 17.2 Å². The molecule has 0 radical (unpaired) electrons. The Hall–Kier alpha value is -3.09. The molecule has 7 heteroatoms. The third-order valence-electron chi connectivity index (χ3n) is 3.18. The predicted molar refractivity (Wildman–Crippen MR) is 80.6 cm³/mol.